The number of nitrogens with one attached hydrogen (secondary N) is 1. The van der Waals surface area contributed by atoms with Crippen LogP contribution in [0.2, 0.25) is 0 Å². The molecule has 8 heteroatoms. The zero-order valence-corrected chi connectivity index (χ0v) is 12.7. The Morgan fingerprint density at radius 1 is 1.14 bits per heavy atom. The van der Waals surface area contributed by atoms with Crippen LogP contribution in [0.1, 0.15) is 5.56 Å². The number of nitriles is 1. The molecule has 0 spiro atoms. The van der Waals surface area contributed by atoms with Gasteiger partial charge in [0.1, 0.15) is 4.21 Å². The number of thiophene rings is 1. The first-order valence-electron chi connectivity index (χ1n) is 6.12. The molecule has 22 heavy (non-hydrogen) atoms. The van der Waals surface area contributed by atoms with Crippen molar-refractivity contribution in [1.29, 1.82) is 5.26 Å². The van der Waals surface area contributed by atoms with Crippen LogP contribution in [-0.2, 0) is 10.0 Å². The molecular formula is C14H9N3O3S2. The SMILES string of the molecule is N#Cc1ccc(NS(=O)(=O)c2ccc(-c3ccno3)s2)cc1. The Labute approximate surface area is 130 Å². The highest BCUT2D eigenvalue weighted by atomic mass is 32.2. The second-order valence-corrected chi connectivity index (χ2v) is 7.28. The quantitative estimate of drug-likeness (QED) is 0.792. The van der Waals surface area contributed by atoms with Crippen molar-refractivity contribution in [2.24, 2.45) is 0 Å². The molecule has 2 aromatic heterocycles. The molecule has 3 rings (SSSR count). The Hall–Kier alpha value is -2.63. The average molecular weight is 331 g/mol. The molecule has 0 saturated heterocycles. The van der Waals surface area contributed by atoms with Crippen LogP contribution >= 0.6 is 11.3 Å². The second-order valence-electron chi connectivity index (χ2n) is 4.29. The Bertz CT molecular complexity index is 921. The number of rotatable bonds is 4. The summed E-state index contributed by atoms with van der Waals surface area (Å²) in [4.78, 5) is 0.678. The summed E-state index contributed by atoms with van der Waals surface area (Å²) >= 11 is 1.09. The zero-order valence-electron chi connectivity index (χ0n) is 11.1. The topological polar surface area (TPSA) is 96.0 Å². The summed E-state index contributed by atoms with van der Waals surface area (Å²) in [5.74, 6) is 0.518. The van der Waals surface area contributed by atoms with Gasteiger partial charge in [-0.3, -0.25) is 4.72 Å². The Kier molecular flexibility index (Phi) is 3.66. The molecule has 0 radical (unpaired) electrons. The highest BCUT2D eigenvalue weighted by Crippen LogP contribution is 2.31. The molecule has 2 heterocycles. The van der Waals surface area contributed by atoms with Crippen LogP contribution in [0, 0.1) is 11.3 Å². The lowest BCUT2D eigenvalue weighted by Gasteiger charge is -2.05. The molecule has 0 amide bonds. The minimum absolute atomic E-state index is 0.170. The van der Waals surface area contributed by atoms with Crippen molar-refractivity contribution in [3.8, 4) is 16.7 Å². The van der Waals surface area contributed by atoms with E-state index in [9.17, 15) is 8.42 Å². The van der Waals surface area contributed by atoms with Crippen molar-refractivity contribution < 1.29 is 12.9 Å². The van der Waals surface area contributed by atoms with E-state index in [0.717, 1.165) is 11.3 Å². The van der Waals surface area contributed by atoms with Gasteiger partial charge in [-0.25, -0.2) is 8.42 Å². The number of sulfonamides is 1. The summed E-state index contributed by atoms with van der Waals surface area (Å²) in [7, 11) is -3.68. The normalized spacial score (nSPS) is 11.0. The van der Waals surface area contributed by atoms with E-state index in [4.69, 9.17) is 9.78 Å². The molecule has 0 aliphatic rings. The highest BCUT2D eigenvalue weighted by Gasteiger charge is 2.18. The predicted molar refractivity (Wildman–Crippen MR) is 81.8 cm³/mol. The van der Waals surface area contributed by atoms with Gasteiger partial charge in [-0.05, 0) is 36.4 Å². The van der Waals surface area contributed by atoms with Crippen LogP contribution in [0.4, 0.5) is 5.69 Å². The maximum absolute atomic E-state index is 12.3. The van der Waals surface area contributed by atoms with Gasteiger partial charge in [0.25, 0.3) is 10.0 Å². The first-order valence-corrected chi connectivity index (χ1v) is 8.42. The van der Waals surface area contributed by atoms with Crippen molar-refractivity contribution in [2.45, 2.75) is 4.21 Å². The zero-order chi connectivity index (χ0) is 15.6. The molecule has 0 unspecified atom stereocenters. The molecule has 0 fully saturated rings. The summed E-state index contributed by atoms with van der Waals surface area (Å²) in [5, 5.41) is 12.3. The first-order chi connectivity index (χ1) is 10.6. The van der Waals surface area contributed by atoms with Crippen LogP contribution in [0.3, 0.4) is 0 Å². The van der Waals surface area contributed by atoms with E-state index in [0.29, 0.717) is 21.9 Å². The number of hydrogen-bond acceptors (Lipinski definition) is 6. The van der Waals surface area contributed by atoms with Crippen molar-refractivity contribution in [3.63, 3.8) is 0 Å². The van der Waals surface area contributed by atoms with Crippen molar-refractivity contribution >= 4 is 27.0 Å². The van der Waals surface area contributed by atoms with Gasteiger partial charge in [0.15, 0.2) is 5.76 Å². The van der Waals surface area contributed by atoms with Crippen molar-refractivity contribution in [2.75, 3.05) is 4.72 Å². The van der Waals surface area contributed by atoms with Gasteiger partial charge in [-0.15, -0.1) is 11.3 Å². The molecular weight excluding hydrogens is 322 g/mol. The van der Waals surface area contributed by atoms with Gasteiger partial charge in [0, 0.05) is 11.8 Å². The molecule has 0 aliphatic heterocycles. The monoisotopic (exact) mass is 331 g/mol. The van der Waals surface area contributed by atoms with Crippen LogP contribution in [0.25, 0.3) is 10.6 Å². The third-order valence-corrected chi connectivity index (χ3v) is 5.77. The third-order valence-electron chi connectivity index (χ3n) is 2.79. The lowest BCUT2D eigenvalue weighted by Crippen LogP contribution is -2.11. The van der Waals surface area contributed by atoms with Crippen molar-refractivity contribution in [1.82, 2.24) is 5.16 Å². The predicted octanol–water partition coefficient (Wildman–Crippen LogP) is 3.08. The summed E-state index contributed by atoms with van der Waals surface area (Å²) in [6.45, 7) is 0. The third kappa shape index (κ3) is 2.86. The lowest BCUT2D eigenvalue weighted by atomic mass is 10.2. The van der Waals surface area contributed by atoms with Gasteiger partial charge >= 0.3 is 0 Å². The number of hydrogen-bond donors (Lipinski definition) is 1. The fourth-order valence-corrected chi connectivity index (χ4v) is 4.08. The smallest absolute Gasteiger partial charge is 0.271 e. The summed E-state index contributed by atoms with van der Waals surface area (Å²) < 4.78 is 32.3. The largest absolute Gasteiger partial charge is 0.355 e. The molecule has 0 saturated carbocycles. The van der Waals surface area contributed by atoms with E-state index in [1.807, 2.05) is 6.07 Å². The standard InChI is InChI=1S/C14H9N3O3S2/c15-9-10-1-3-11(4-2-10)17-22(18,19)14-6-5-13(21-14)12-7-8-16-20-12/h1-8,17H. The van der Waals surface area contributed by atoms with E-state index in [1.165, 1.54) is 12.3 Å². The molecule has 0 bridgehead atoms. The maximum Gasteiger partial charge on any atom is 0.271 e. The molecule has 6 nitrogen and oxygen atoms in total. The van der Waals surface area contributed by atoms with E-state index < -0.39 is 10.0 Å². The molecule has 1 aromatic carbocycles. The number of anilines is 1. The number of aromatic nitrogens is 1. The average Bonchev–Trinajstić information content (AvgIpc) is 3.19. The van der Waals surface area contributed by atoms with Crippen LogP contribution < -0.4 is 4.72 Å². The fraction of sp³-hybridized carbons (Fsp3) is 0. The van der Waals surface area contributed by atoms with Gasteiger partial charge in [-0.1, -0.05) is 5.16 Å². The van der Waals surface area contributed by atoms with Crippen molar-refractivity contribution in [3.05, 3.63) is 54.2 Å². The number of benzene rings is 1. The Morgan fingerprint density at radius 3 is 2.55 bits per heavy atom. The van der Waals surface area contributed by atoms with E-state index in [-0.39, 0.29) is 4.21 Å². The minimum atomic E-state index is -3.68. The Morgan fingerprint density at radius 2 is 1.91 bits per heavy atom. The van der Waals surface area contributed by atoms with Gasteiger partial charge in [-0.2, -0.15) is 5.26 Å². The van der Waals surface area contributed by atoms with Crippen LogP contribution in [-0.4, -0.2) is 13.6 Å². The van der Waals surface area contributed by atoms with E-state index in [1.54, 1.807) is 36.4 Å². The molecule has 3 aromatic rings. The van der Waals surface area contributed by atoms with Gasteiger partial charge in [0.2, 0.25) is 0 Å². The van der Waals surface area contributed by atoms with E-state index >= 15 is 0 Å². The van der Waals surface area contributed by atoms with Gasteiger partial charge in [0.05, 0.1) is 22.7 Å². The van der Waals surface area contributed by atoms with E-state index in [2.05, 4.69) is 9.88 Å². The number of nitrogens with zero attached hydrogens (tertiary/aromatic N) is 2. The molecule has 1 N–H and O–H groups in total. The minimum Gasteiger partial charge on any atom is -0.355 e. The molecule has 0 aliphatic carbocycles. The molecule has 0 atom stereocenters. The second kappa shape index (κ2) is 5.63. The Balaban J connectivity index is 1.85. The summed E-state index contributed by atoms with van der Waals surface area (Å²) in [5.41, 5.74) is 0.861. The summed E-state index contributed by atoms with van der Waals surface area (Å²) in [6.07, 6.45) is 1.50. The molecule has 110 valence electrons. The maximum atomic E-state index is 12.3. The highest BCUT2D eigenvalue weighted by molar-refractivity contribution is 7.94. The van der Waals surface area contributed by atoms with Gasteiger partial charge < -0.3 is 4.52 Å². The van der Waals surface area contributed by atoms with Crippen LogP contribution in [0.15, 0.2) is 57.4 Å². The fourth-order valence-electron chi connectivity index (χ4n) is 1.76. The lowest BCUT2D eigenvalue weighted by molar-refractivity contribution is 0.433. The van der Waals surface area contributed by atoms with Crippen LogP contribution in [0.5, 0.6) is 0 Å². The summed E-state index contributed by atoms with van der Waals surface area (Å²) in [6, 6.07) is 13.0. The first kappa shape index (κ1) is 14.3.